The third-order valence-electron chi connectivity index (χ3n) is 1.66. The number of rotatable bonds is 6. The van der Waals surface area contributed by atoms with E-state index in [1.54, 1.807) is 0 Å². The molecule has 0 unspecified atom stereocenters. The maximum atomic E-state index is 11.5. The summed E-state index contributed by atoms with van der Waals surface area (Å²) in [6.07, 6.45) is 4.76. The van der Waals surface area contributed by atoms with Crippen LogP contribution >= 0.6 is 7.60 Å². The van der Waals surface area contributed by atoms with Gasteiger partial charge in [0.1, 0.15) is 6.16 Å². The average molecular weight is 219 g/mol. The highest BCUT2D eigenvalue weighted by atomic mass is 31.2. The van der Waals surface area contributed by atoms with Crippen molar-refractivity contribution in [2.45, 2.75) is 12.5 Å². The van der Waals surface area contributed by atoms with Crippen molar-refractivity contribution >= 4 is 13.4 Å². The monoisotopic (exact) mass is 219 g/mol. The van der Waals surface area contributed by atoms with Gasteiger partial charge >= 0.3 is 7.60 Å². The van der Waals surface area contributed by atoms with Gasteiger partial charge in [0.2, 0.25) is 0 Å². The summed E-state index contributed by atoms with van der Waals surface area (Å²) in [6.45, 7) is 0. The van der Waals surface area contributed by atoms with E-state index in [9.17, 15) is 9.36 Å². The molecule has 0 saturated heterocycles. The van der Waals surface area contributed by atoms with Gasteiger partial charge in [-0.3, -0.25) is 9.36 Å². The lowest BCUT2D eigenvalue weighted by atomic mass is 10.1. The molecule has 1 atom stereocenters. The van der Waals surface area contributed by atoms with Crippen LogP contribution in [0.2, 0.25) is 0 Å². The number of nitrogens with two attached hydrogens (primary N) is 1. The number of hydrogen-bond donors (Lipinski definition) is 1. The summed E-state index contributed by atoms with van der Waals surface area (Å²) in [6, 6.07) is -0.807. The van der Waals surface area contributed by atoms with Crippen molar-refractivity contribution in [1.82, 2.24) is 0 Å². The second kappa shape index (κ2) is 5.94. The number of ketones is 1. The standard InChI is InChI=1S/C8H14NO4P/c1-4-5-7(9)8(10)6-14(11,12-2)13-3/h1,7H,5-6,9H2,2-3H3/t7-/m0/s1. The van der Waals surface area contributed by atoms with Crippen LogP contribution in [-0.2, 0) is 18.4 Å². The molecule has 0 radical (unpaired) electrons. The van der Waals surface area contributed by atoms with Crippen LogP contribution in [0, 0.1) is 12.3 Å². The number of terminal acetylenes is 1. The minimum absolute atomic E-state index is 0.117. The Morgan fingerprint density at radius 1 is 1.57 bits per heavy atom. The molecule has 0 aliphatic carbocycles. The summed E-state index contributed by atoms with van der Waals surface area (Å²) >= 11 is 0. The van der Waals surface area contributed by atoms with Crippen LogP contribution in [0.1, 0.15) is 6.42 Å². The molecule has 0 spiro atoms. The van der Waals surface area contributed by atoms with E-state index in [-0.39, 0.29) is 12.6 Å². The van der Waals surface area contributed by atoms with Gasteiger partial charge in [0.05, 0.1) is 6.04 Å². The predicted octanol–water partition coefficient (Wildman–Crippen LogP) is 0.392. The first-order valence-electron chi connectivity index (χ1n) is 3.91. The van der Waals surface area contributed by atoms with Gasteiger partial charge in [-0.2, -0.15) is 0 Å². The van der Waals surface area contributed by atoms with E-state index < -0.39 is 19.4 Å². The highest BCUT2D eigenvalue weighted by Gasteiger charge is 2.28. The smallest absolute Gasteiger partial charge is 0.321 e. The van der Waals surface area contributed by atoms with E-state index >= 15 is 0 Å². The van der Waals surface area contributed by atoms with E-state index in [1.165, 1.54) is 14.2 Å². The molecule has 0 aliphatic rings. The van der Waals surface area contributed by atoms with Crippen molar-refractivity contribution < 1.29 is 18.4 Å². The van der Waals surface area contributed by atoms with Gasteiger partial charge in [0.15, 0.2) is 5.78 Å². The molecule has 80 valence electrons. The first-order chi connectivity index (χ1) is 6.49. The minimum atomic E-state index is -3.31. The molecular weight excluding hydrogens is 205 g/mol. The Kier molecular flexibility index (Phi) is 5.66. The summed E-state index contributed by atoms with van der Waals surface area (Å²) < 4.78 is 20.7. The Bertz CT molecular complexity index is 276. The molecule has 0 aliphatic heterocycles. The third kappa shape index (κ3) is 4.03. The van der Waals surface area contributed by atoms with Crippen molar-refractivity contribution in [3.05, 3.63) is 0 Å². The lowest BCUT2D eigenvalue weighted by Crippen LogP contribution is -2.32. The molecule has 6 heteroatoms. The molecule has 0 amide bonds. The highest BCUT2D eigenvalue weighted by molar-refractivity contribution is 7.54. The van der Waals surface area contributed by atoms with Gasteiger partial charge in [0.25, 0.3) is 0 Å². The molecule has 0 aromatic rings. The highest BCUT2D eigenvalue weighted by Crippen LogP contribution is 2.46. The maximum absolute atomic E-state index is 11.5. The van der Waals surface area contributed by atoms with Gasteiger partial charge in [-0.05, 0) is 0 Å². The normalized spacial score (nSPS) is 13.3. The summed E-state index contributed by atoms with van der Waals surface area (Å²) in [7, 11) is -0.888. The van der Waals surface area contributed by atoms with Crippen molar-refractivity contribution in [1.29, 1.82) is 0 Å². The first-order valence-corrected chi connectivity index (χ1v) is 5.64. The second-order valence-electron chi connectivity index (χ2n) is 2.62. The third-order valence-corrected chi connectivity index (χ3v) is 3.47. The van der Waals surface area contributed by atoms with Crippen LogP contribution < -0.4 is 5.73 Å². The fourth-order valence-corrected chi connectivity index (χ4v) is 1.78. The lowest BCUT2D eigenvalue weighted by Gasteiger charge is -2.14. The summed E-state index contributed by atoms with van der Waals surface area (Å²) in [5, 5.41) is 0. The fourth-order valence-electron chi connectivity index (χ4n) is 0.753. The molecule has 0 bridgehead atoms. The van der Waals surface area contributed by atoms with Gasteiger partial charge in [-0.25, -0.2) is 0 Å². The van der Waals surface area contributed by atoms with E-state index in [0.29, 0.717) is 0 Å². The Morgan fingerprint density at radius 3 is 2.43 bits per heavy atom. The molecule has 0 aromatic heterocycles. The Hall–Kier alpha value is -0.660. The van der Waals surface area contributed by atoms with Crippen molar-refractivity contribution in [3.63, 3.8) is 0 Å². The van der Waals surface area contributed by atoms with E-state index in [2.05, 4.69) is 15.0 Å². The van der Waals surface area contributed by atoms with Gasteiger partial charge in [0, 0.05) is 20.6 Å². The van der Waals surface area contributed by atoms with Crippen LogP contribution in [-0.4, -0.2) is 32.2 Å². The van der Waals surface area contributed by atoms with Crippen LogP contribution in [0.25, 0.3) is 0 Å². The van der Waals surface area contributed by atoms with Crippen LogP contribution in [0.4, 0.5) is 0 Å². The summed E-state index contributed by atoms with van der Waals surface area (Å²) in [4.78, 5) is 11.3. The molecule has 0 fully saturated rings. The van der Waals surface area contributed by atoms with Crippen molar-refractivity contribution in [2.24, 2.45) is 5.73 Å². The average Bonchev–Trinajstić information content (AvgIpc) is 2.18. The zero-order valence-corrected chi connectivity index (χ0v) is 9.12. The van der Waals surface area contributed by atoms with Crippen LogP contribution in [0.5, 0.6) is 0 Å². The first kappa shape index (κ1) is 13.3. The van der Waals surface area contributed by atoms with Gasteiger partial charge < -0.3 is 14.8 Å². The second-order valence-corrected chi connectivity index (χ2v) is 4.88. The Morgan fingerprint density at radius 2 is 2.07 bits per heavy atom. The molecule has 5 nitrogen and oxygen atoms in total. The van der Waals surface area contributed by atoms with Crippen molar-refractivity contribution in [2.75, 3.05) is 20.4 Å². The number of carbonyl (C=O) groups excluding carboxylic acids is 1. The number of carbonyl (C=O) groups is 1. The van der Waals surface area contributed by atoms with E-state index in [4.69, 9.17) is 12.2 Å². The molecule has 0 saturated carbocycles. The molecule has 2 N–H and O–H groups in total. The van der Waals surface area contributed by atoms with E-state index in [0.717, 1.165) is 0 Å². The maximum Gasteiger partial charge on any atom is 0.337 e. The predicted molar refractivity (Wildman–Crippen MR) is 52.9 cm³/mol. The number of Topliss-reactive ketones (excluding diaryl/α,β-unsaturated/α-hetero) is 1. The van der Waals surface area contributed by atoms with Crippen LogP contribution in [0.15, 0.2) is 0 Å². The largest absolute Gasteiger partial charge is 0.337 e. The quantitative estimate of drug-likeness (QED) is 0.516. The zero-order valence-electron chi connectivity index (χ0n) is 8.23. The fraction of sp³-hybridized carbons (Fsp3) is 0.625. The lowest BCUT2D eigenvalue weighted by molar-refractivity contribution is -0.118. The Balaban J connectivity index is 4.32. The molecule has 14 heavy (non-hydrogen) atoms. The molecular formula is C8H14NO4P. The topological polar surface area (TPSA) is 78.6 Å². The molecule has 0 aromatic carbocycles. The van der Waals surface area contributed by atoms with Gasteiger partial charge in [-0.1, -0.05) is 0 Å². The molecule has 0 rings (SSSR count). The van der Waals surface area contributed by atoms with Crippen LogP contribution in [0.3, 0.4) is 0 Å². The minimum Gasteiger partial charge on any atom is -0.321 e. The van der Waals surface area contributed by atoms with Crippen molar-refractivity contribution in [3.8, 4) is 12.3 Å². The summed E-state index contributed by atoms with van der Waals surface area (Å²) in [5.74, 6) is 1.83. The van der Waals surface area contributed by atoms with Gasteiger partial charge in [-0.15, -0.1) is 12.3 Å². The Labute approximate surface area is 83.5 Å². The zero-order chi connectivity index (χ0) is 11.2. The number of hydrogen-bond acceptors (Lipinski definition) is 5. The molecule has 0 heterocycles. The summed E-state index contributed by atoms with van der Waals surface area (Å²) in [5.41, 5.74) is 5.42. The van der Waals surface area contributed by atoms with E-state index in [1.807, 2.05) is 0 Å². The SMILES string of the molecule is C#CC[C@H](N)C(=O)CP(=O)(OC)OC.